The van der Waals surface area contributed by atoms with Gasteiger partial charge in [-0.05, 0) is 49.2 Å². The molecule has 2 aromatic rings. The van der Waals surface area contributed by atoms with Gasteiger partial charge in [0.1, 0.15) is 11.5 Å². The molecule has 0 aliphatic carbocycles. The van der Waals surface area contributed by atoms with Gasteiger partial charge in [-0.2, -0.15) is 0 Å². The summed E-state index contributed by atoms with van der Waals surface area (Å²) in [5, 5.41) is 3.12. The summed E-state index contributed by atoms with van der Waals surface area (Å²) in [6.45, 7) is 1.58. The molecule has 0 amide bonds. The fourth-order valence-corrected chi connectivity index (χ4v) is 2.42. The number of aryl methyl sites for hydroxylation is 1. The number of benzene rings is 1. The number of fused-ring (bicyclic) bond motifs is 1. The molecular weight excluding hydrogens is 226 g/mol. The van der Waals surface area contributed by atoms with Crippen LogP contribution in [0.25, 0.3) is 11.1 Å². The molecule has 3 rings (SSSR count). The molecule has 1 aliphatic rings. The Labute approximate surface area is 107 Å². The topological polar surface area (TPSA) is 34.4 Å². The maximum Gasteiger partial charge on any atom is 0.125 e. The Morgan fingerprint density at radius 1 is 1.28 bits per heavy atom. The molecule has 94 valence electrons. The number of rotatable bonds is 3. The van der Waals surface area contributed by atoms with E-state index in [-0.39, 0.29) is 0 Å². The van der Waals surface area contributed by atoms with Gasteiger partial charge < -0.3 is 14.5 Å². The smallest absolute Gasteiger partial charge is 0.125 e. The van der Waals surface area contributed by atoms with Crippen LogP contribution in [0.5, 0.6) is 5.75 Å². The predicted molar refractivity (Wildman–Crippen MR) is 70.7 cm³/mol. The van der Waals surface area contributed by atoms with Crippen molar-refractivity contribution in [3.63, 3.8) is 0 Å². The van der Waals surface area contributed by atoms with E-state index in [4.69, 9.17) is 9.15 Å². The van der Waals surface area contributed by atoms with E-state index in [0.717, 1.165) is 43.1 Å². The van der Waals surface area contributed by atoms with Crippen molar-refractivity contribution in [2.75, 3.05) is 13.7 Å². The van der Waals surface area contributed by atoms with Gasteiger partial charge in [0, 0.05) is 5.56 Å². The first-order valence-corrected chi connectivity index (χ1v) is 6.35. The molecule has 0 unspecified atom stereocenters. The van der Waals surface area contributed by atoms with Crippen molar-refractivity contribution in [2.24, 2.45) is 0 Å². The summed E-state index contributed by atoms with van der Waals surface area (Å²) in [7, 11) is 1.92. The van der Waals surface area contributed by atoms with E-state index in [9.17, 15) is 0 Å². The van der Waals surface area contributed by atoms with Crippen LogP contribution in [0.4, 0.5) is 0 Å². The van der Waals surface area contributed by atoms with Crippen molar-refractivity contribution >= 4 is 0 Å². The number of ether oxygens (including phenoxy) is 1. The first-order chi connectivity index (χ1) is 8.88. The van der Waals surface area contributed by atoms with E-state index in [2.05, 4.69) is 23.5 Å². The van der Waals surface area contributed by atoms with Gasteiger partial charge in [-0.25, -0.2) is 0 Å². The second kappa shape index (κ2) is 4.86. The van der Waals surface area contributed by atoms with E-state index in [1.54, 1.807) is 6.26 Å². The summed E-state index contributed by atoms with van der Waals surface area (Å²) >= 11 is 0. The van der Waals surface area contributed by atoms with E-state index < -0.39 is 0 Å². The third-order valence-corrected chi connectivity index (χ3v) is 3.30. The Kier molecular flexibility index (Phi) is 3.07. The average molecular weight is 243 g/mol. The van der Waals surface area contributed by atoms with E-state index in [1.807, 2.05) is 13.1 Å². The largest absolute Gasteiger partial charge is 0.493 e. The summed E-state index contributed by atoms with van der Waals surface area (Å²) < 4.78 is 11.1. The lowest BCUT2D eigenvalue weighted by Gasteiger charge is -2.17. The average Bonchev–Trinajstić information content (AvgIpc) is 2.87. The maximum absolute atomic E-state index is 5.64. The second-order valence-corrected chi connectivity index (χ2v) is 4.56. The third-order valence-electron chi connectivity index (χ3n) is 3.30. The molecule has 0 fully saturated rings. The van der Waals surface area contributed by atoms with Gasteiger partial charge in [0.2, 0.25) is 0 Å². The highest BCUT2D eigenvalue weighted by atomic mass is 16.5. The highest BCUT2D eigenvalue weighted by Gasteiger charge is 2.13. The SMILES string of the molecule is CNCc1occc1-c1ccc2c(c1)CCCO2. The van der Waals surface area contributed by atoms with Crippen molar-refractivity contribution in [2.45, 2.75) is 19.4 Å². The van der Waals surface area contributed by atoms with Crippen molar-refractivity contribution in [1.29, 1.82) is 0 Å². The number of nitrogens with one attached hydrogen (secondary N) is 1. The summed E-state index contributed by atoms with van der Waals surface area (Å²) in [5.41, 5.74) is 3.67. The molecule has 1 aromatic heterocycles. The second-order valence-electron chi connectivity index (χ2n) is 4.56. The fourth-order valence-electron chi connectivity index (χ4n) is 2.42. The van der Waals surface area contributed by atoms with E-state index in [1.165, 1.54) is 11.1 Å². The number of hydrogen-bond acceptors (Lipinski definition) is 3. The van der Waals surface area contributed by atoms with Crippen molar-refractivity contribution in [3.05, 3.63) is 41.9 Å². The van der Waals surface area contributed by atoms with Gasteiger partial charge in [-0.3, -0.25) is 0 Å². The van der Waals surface area contributed by atoms with E-state index >= 15 is 0 Å². The lowest BCUT2D eigenvalue weighted by molar-refractivity contribution is 0.288. The molecule has 1 N–H and O–H groups in total. The Morgan fingerprint density at radius 3 is 3.11 bits per heavy atom. The standard InChI is InChI=1S/C15H17NO2/c1-16-10-15-13(6-8-18-15)11-4-5-14-12(9-11)3-2-7-17-14/h4-6,8-9,16H,2-3,7,10H2,1H3. The third kappa shape index (κ3) is 2.02. The highest BCUT2D eigenvalue weighted by Crippen LogP contribution is 2.32. The van der Waals surface area contributed by atoms with Crippen LogP contribution < -0.4 is 10.1 Å². The molecule has 0 saturated heterocycles. The molecule has 3 heteroatoms. The van der Waals surface area contributed by atoms with Crippen molar-refractivity contribution in [1.82, 2.24) is 5.32 Å². The van der Waals surface area contributed by atoms with Crippen LogP contribution in [-0.2, 0) is 13.0 Å². The van der Waals surface area contributed by atoms with Gasteiger partial charge in [0.05, 0.1) is 19.4 Å². The number of hydrogen-bond donors (Lipinski definition) is 1. The quantitative estimate of drug-likeness (QED) is 0.900. The summed E-state index contributed by atoms with van der Waals surface area (Å²) in [6, 6.07) is 8.42. The molecule has 2 heterocycles. The minimum atomic E-state index is 0.746. The van der Waals surface area contributed by atoms with Crippen molar-refractivity contribution in [3.8, 4) is 16.9 Å². The molecule has 1 aromatic carbocycles. The van der Waals surface area contributed by atoms with Crippen molar-refractivity contribution < 1.29 is 9.15 Å². The molecule has 3 nitrogen and oxygen atoms in total. The van der Waals surface area contributed by atoms with Crippen LogP contribution in [0.15, 0.2) is 34.9 Å². The summed E-state index contributed by atoms with van der Waals surface area (Å²) in [6.07, 6.45) is 3.95. The lowest BCUT2D eigenvalue weighted by atomic mass is 9.99. The molecule has 0 saturated carbocycles. The zero-order chi connectivity index (χ0) is 12.4. The Morgan fingerprint density at radius 2 is 2.22 bits per heavy atom. The van der Waals surface area contributed by atoms with Crippen LogP contribution in [0, 0.1) is 0 Å². The summed E-state index contributed by atoms with van der Waals surface area (Å²) in [5.74, 6) is 2.01. The molecule has 0 radical (unpaired) electrons. The molecule has 0 bridgehead atoms. The van der Waals surface area contributed by atoms with Crippen LogP contribution in [0.3, 0.4) is 0 Å². The van der Waals surface area contributed by atoms with Crippen LogP contribution >= 0.6 is 0 Å². The van der Waals surface area contributed by atoms with Gasteiger partial charge in [-0.15, -0.1) is 0 Å². The Bertz CT molecular complexity index is 545. The highest BCUT2D eigenvalue weighted by molar-refractivity contribution is 5.67. The van der Waals surface area contributed by atoms with E-state index in [0.29, 0.717) is 0 Å². The Balaban J connectivity index is 1.98. The molecular formula is C15H17NO2. The predicted octanol–water partition coefficient (Wildman–Crippen LogP) is 2.99. The summed E-state index contributed by atoms with van der Waals surface area (Å²) in [4.78, 5) is 0. The monoisotopic (exact) mass is 243 g/mol. The molecule has 0 spiro atoms. The first-order valence-electron chi connectivity index (χ1n) is 6.35. The van der Waals surface area contributed by atoms with Gasteiger partial charge in [0.15, 0.2) is 0 Å². The van der Waals surface area contributed by atoms with Gasteiger partial charge >= 0.3 is 0 Å². The Hall–Kier alpha value is -1.74. The minimum Gasteiger partial charge on any atom is -0.493 e. The normalized spacial score (nSPS) is 14.1. The van der Waals surface area contributed by atoms with Gasteiger partial charge in [-0.1, -0.05) is 6.07 Å². The minimum absolute atomic E-state index is 0.746. The first kappa shape index (κ1) is 11.4. The zero-order valence-electron chi connectivity index (χ0n) is 10.5. The van der Waals surface area contributed by atoms with Crippen LogP contribution in [0.2, 0.25) is 0 Å². The number of furan rings is 1. The molecule has 0 atom stereocenters. The van der Waals surface area contributed by atoms with Crippen LogP contribution in [0.1, 0.15) is 17.7 Å². The fraction of sp³-hybridized carbons (Fsp3) is 0.333. The van der Waals surface area contributed by atoms with Gasteiger partial charge in [0.25, 0.3) is 0 Å². The molecule has 18 heavy (non-hydrogen) atoms. The lowest BCUT2D eigenvalue weighted by Crippen LogP contribution is -2.08. The molecule has 1 aliphatic heterocycles. The van der Waals surface area contributed by atoms with Crippen LogP contribution in [-0.4, -0.2) is 13.7 Å². The maximum atomic E-state index is 5.64. The zero-order valence-corrected chi connectivity index (χ0v) is 10.5.